The molecule has 3 rings (SSSR count). The van der Waals surface area contributed by atoms with Crippen LogP contribution in [0.1, 0.15) is 23.9 Å². The summed E-state index contributed by atoms with van der Waals surface area (Å²) >= 11 is 0. The number of hydrogen-bond acceptors (Lipinski definition) is 4. The van der Waals surface area contributed by atoms with E-state index < -0.39 is 0 Å². The Balaban J connectivity index is 1.65. The molecule has 0 saturated carbocycles. The van der Waals surface area contributed by atoms with E-state index in [-0.39, 0.29) is 0 Å². The van der Waals surface area contributed by atoms with E-state index in [2.05, 4.69) is 57.4 Å². The number of nitrogens with one attached hydrogen (secondary N) is 1. The second-order valence-electron chi connectivity index (χ2n) is 6.35. The molecule has 0 radical (unpaired) electrons. The zero-order valence-electron chi connectivity index (χ0n) is 13.6. The molecule has 2 atom stereocenters. The number of likely N-dealkylation sites (tertiary alicyclic amines) is 1. The van der Waals surface area contributed by atoms with Crippen molar-refractivity contribution in [2.45, 2.75) is 33.4 Å². The van der Waals surface area contributed by atoms with Crippen LogP contribution in [0.15, 0.2) is 36.5 Å². The second-order valence-corrected chi connectivity index (χ2v) is 6.35. The van der Waals surface area contributed by atoms with Gasteiger partial charge in [0.1, 0.15) is 5.82 Å². The van der Waals surface area contributed by atoms with E-state index in [9.17, 15) is 0 Å². The minimum atomic E-state index is 0.429. The van der Waals surface area contributed by atoms with Gasteiger partial charge in [-0.05, 0) is 25.3 Å². The van der Waals surface area contributed by atoms with Gasteiger partial charge in [-0.3, -0.25) is 9.88 Å². The quantitative estimate of drug-likeness (QED) is 0.941. The number of rotatable bonds is 4. The normalized spacial score (nSPS) is 22.0. The van der Waals surface area contributed by atoms with Crippen LogP contribution < -0.4 is 5.32 Å². The molecular weight excluding hydrogens is 272 g/mol. The number of benzene rings is 1. The SMILES string of the molecule is Cc1cnc(C)c(NC2CN(Cc3ccccc3)CC2C)n1. The van der Waals surface area contributed by atoms with Crippen molar-refractivity contribution in [2.75, 3.05) is 18.4 Å². The van der Waals surface area contributed by atoms with E-state index >= 15 is 0 Å². The van der Waals surface area contributed by atoms with Crippen LogP contribution in [0.2, 0.25) is 0 Å². The number of nitrogens with zero attached hydrogens (tertiary/aromatic N) is 3. The topological polar surface area (TPSA) is 41.1 Å². The molecule has 1 aromatic carbocycles. The van der Waals surface area contributed by atoms with Crippen molar-refractivity contribution >= 4 is 5.82 Å². The zero-order chi connectivity index (χ0) is 15.5. The first-order valence-electron chi connectivity index (χ1n) is 7.95. The van der Waals surface area contributed by atoms with Gasteiger partial charge in [-0.1, -0.05) is 37.3 Å². The Labute approximate surface area is 132 Å². The van der Waals surface area contributed by atoms with Crippen molar-refractivity contribution in [3.8, 4) is 0 Å². The molecule has 1 aliphatic heterocycles. The van der Waals surface area contributed by atoms with Gasteiger partial charge in [-0.2, -0.15) is 0 Å². The monoisotopic (exact) mass is 296 g/mol. The van der Waals surface area contributed by atoms with Crippen LogP contribution in [0, 0.1) is 19.8 Å². The Morgan fingerprint density at radius 3 is 2.73 bits per heavy atom. The summed E-state index contributed by atoms with van der Waals surface area (Å²) in [6, 6.07) is 11.1. The molecule has 0 amide bonds. The molecule has 22 heavy (non-hydrogen) atoms. The number of anilines is 1. The van der Waals surface area contributed by atoms with Gasteiger partial charge < -0.3 is 5.32 Å². The van der Waals surface area contributed by atoms with Gasteiger partial charge >= 0.3 is 0 Å². The first-order chi connectivity index (χ1) is 10.6. The zero-order valence-corrected chi connectivity index (χ0v) is 13.6. The molecule has 1 fully saturated rings. The summed E-state index contributed by atoms with van der Waals surface area (Å²) in [5.41, 5.74) is 3.31. The summed E-state index contributed by atoms with van der Waals surface area (Å²) in [5.74, 6) is 1.53. The van der Waals surface area contributed by atoms with E-state index in [4.69, 9.17) is 0 Å². The average Bonchev–Trinajstić information content (AvgIpc) is 2.84. The molecule has 2 unspecified atom stereocenters. The third-order valence-electron chi connectivity index (χ3n) is 4.33. The molecule has 2 aromatic rings. The molecule has 1 aliphatic rings. The minimum absolute atomic E-state index is 0.429. The molecule has 0 aliphatic carbocycles. The summed E-state index contributed by atoms with van der Waals surface area (Å²) in [6.07, 6.45) is 1.82. The predicted molar refractivity (Wildman–Crippen MR) is 89.8 cm³/mol. The molecule has 1 saturated heterocycles. The Hall–Kier alpha value is -1.94. The van der Waals surface area contributed by atoms with Crippen molar-refractivity contribution < 1.29 is 0 Å². The molecular formula is C18H24N4. The first kappa shape index (κ1) is 15.0. The third-order valence-corrected chi connectivity index (χ3v) is 4.33. The van der Waals surface area contributed by atoms with Crippen molar-refractivity contribution in [1.29, 1.82) is 0 Å². The first-order valence-corrected chi connectivity index (χ1v) is 7.95. The second kappa shape index (κ2) is 6.44. The lowest BCUT2D eigenvalue weighted by Crippen LogP contribution is -2.29. The lowest BCUT2D eigenvalue weighted by molar-refractivity contribution is 0.319. The van der Waals surface area contributed by atoms with Crippen LogP contribution in [0.3, 0.4) is 0 Å². The Kier molecular flexibility index (Phi) is 4.39. The van der Waals surface area contributed by atoms with Gasteiger partial charge in [-0.25, -0.2) is 4.98 Å². The molecule has 116 valence electrons. The molecule has 2 heterocycles. The van der Waals surface area contributed by atoms with Crippen molar-refractivity contribution in [3.05, 3.63) is 53.5 Å². The van der Waals surface area contributed by atoms with E-state index in [0.717, 1.165) is 36.8 Å². The van der Waals surface area contributed by atoms with Gasteiger partial charge in [0.05, 0.1) is 11.4 Å². The van der Waals surface area contributed by atoms with Gasteiger partial charge in [0.2, 0.25) is 0 Å². The van der Waals surface area contributed by atoms with Crippen LogP contribution in [-0.2, 0) is 6.54 Å². The molecule has 1 N–H and O–H groups in total. The number of aromatic nitrogens is 2. The van der Waals surface area contributed by atoms with E-state index in [1.54, 1.807) is 0 Å². The summed E-state index contributed by atoms with van der Waals surface area (Å²) in [6.45, 7) is 9.48. The maximum atomic E-state index is 4.59. The fourth-order valence-corrected chi connectivity index (χ4v) is 3.08. The van der Waals surface area contributed by atoms with Crippen LogP contribution >= 0.6 is 0 Å². The molecule has 1 aromatic heterocycles. The summed E-state index contributed by atoms with van der Waals surface area (Å²) < 4.78 is 0. The fourth-order valence-electron chi connectivity index (χ4n) is 3.08. The minimum Gasteiger partial charge on any atom is -0.364 e. The van der Waals surface area contributed by atoms with E-state index in [1.807, 2.05) is 20.0 Å². The van der Waals surface area contributed by atoms with Crippen molar-refractivity contribution in [3.63, 3.8) is 0 Å². The van der Waals surface area contributed by atoms with Crippen molar-refractivity contribution in [2.24, 2.45) is 5.92 Å². The predicted octanol–water partition coefficient (Wildman–Crippen LogP) is 3.03. The van der Waals surface area contributed by atoms with Gasteiger partial charge in [-0.15, -0.1) is 0 Å². The maximum Gasteiger partial charge on any atom is 0.148 e. The summed E-state index contributed by atoms with van der Waals surface area (Å²) in [4.78, 5) is 11.5. The highest BCUT2D eigenvalue weighted by Crippen LogP contribution is 2.22. The molecule has 4 heteroatoms. The smallest absolute Gasteiger partial charge is 0.148 e. The molecule has 0 spiro atoms. The van der Waals surface area contributed by atoms with E-state index in [1.165, 1.54) is 5.56 Å². The Morgan fingerprint density at radius 2 is 1.95 bits per heavy atom. The highest BCUT2D eigenvalue weighted by Gasteiger charge is 2.30. The van der Waals surface area contributed by atoms with Crippen LogP contribution in [0.25, 0.3) is 0 Å². The van der Waals surface area contributed by atoms with Gasteiger partial charge in [0.25, 0.3) is 0 Å². The summed E-state index contributed by atoms with van der Waals surface area (Å²) in [5, 5.41) is 3.60. The third kappa shape index (κ3) is 3.45. The van der Waals surface area contributed by atoms with Gasteiger partial charge in [0.15, 0.2) is 0 Å². The van der Waals surface area contributed by atoms with Gasteiger partial charge in [0, 0.05) is 31.9 Å². The largest absolute Gasteiger partial charge is 0.364 e. The highest BCUT2D eigenvalue weighted by molar-refractivity contribution is 5.41. The van der Waals surface area contributed by atoms with Crippen molar-refractivity contribution in [1.82, 2.24) is 14.9 Å². The number of aryl methyl sites for hydroxylation is 2. The maximum absolute atomic E-state index is 4.59. The average molecular weight is 296 g/mol. The van der Waals surface area contributed by atoms with Crippen LogP contribution in [-0.4, -0.2) is 34.0 Å². The van der Waals surface area contributed by atoms with Crippen LogP contribution in [0.4, 0.5) is 5.82 Å². The number of hydrogen-bond donors (Lipinski definition) is 1. The summed E-state index contributed by atoms with van der Waals surface area (Å²) in [7, 11) is 0. The molecule has 4 nitrogen and oxygen atoms in total. The van der Waals surface area contributed by atoms with E-state index in [0.29, 0.717) is 12.0 Å². The Bertz CT molecular complexity index is 626. The van der Waals surface area contributed by atoms with Crippen LogP contribution in [0.5, 0.6) is 0 Å². The highest BCUT2D eigenvalue weighted by atomic mass is 15.2. The lowest BCUT2D eigenvalue weighted by Gasteiger charge is -2.19. The Morgan fingerprint density at radius 1 is 1.18 bits per heavy atom. The lowest BCUT2D eigenvalue weighted by atomic mass is 10.1. The fraction of sp³-hybridized carbons (Fsp3) is 0.444. The molecule has 0 bridgehead atoms. The standard InChI is InChI=1S/C18H24N4/c1-13-10-22(11-16-7-5-4-6-8-16)12-17(13)21-18-15(3)19-9-14(2)20-18/h4-9,13,17H,10-12H2,1-3H3,(H,20,21).